The van der Waals surface area contributed by atoms with Crippen molar-refractivity contribution in [2.45, 2.75) is 11.4 Å². The minimum atomic E-state index is -3.85. The molecule has 0 radical (unpaired) electrons. The first-order chi connectivity index (χ1) is 13.3. The average molecular weight is 402 g/mol. The topological polar surface area (TPSA) is 57.7 Å². The average Bonchev–Trinajstić information content (AvgIpc) is 2.87. The van der Waals surface area contributed by atoms with E-state index in [9.17, 15) is 22.0 Å². The van der Waals surface area contributed by atoms with Crippen LogP contribution in [-0.2, 0) is 21.4 Å². The number of benzene rings is 3. The van der Waals surface area contributed by atoms with Crippen molar-refractivity contribution in [1.29, 1.82) is 0 Å². The summed E-state index contributed by atoms with van der Waals surface area (Å²) in [5, 5.41) is 1.36. The molecule has 1 aliphatic heterocycles. The molecule has 1 amide bonds. The van der Waals surface area contributed by atoms with Crippen molar-refractivity contribution in [3.8, 4) is 0 Å². The maximum atomic E-state index is 13.8. The maximum Gasteiger partial charge on any atom is 0.265 e. The SMILES string of the molecule is CN(Cc1ccc(F)cc1F)C(=O)CN1c2cccc3cccc(c23)S1(=O)=O. The first-order valence-corrected chi connectivity index (χ1v) is 9.95. The highest BCUT2D eigenvalue weighted by atomic mass is 32.2. The van der Waals surface area contributed by atoms with Crippen molar-refractivity contribution in [2.75, 3.05) is 17.9 Å². The lowest BCUT2D eigenvalue weighted by Crippen LogP contribution is -2.39. The lowest BCUT2D eigenvalue weighted by atomic mass is 10.1. The molecule has 144 valence electrons. The predicted molar refractivity (Wildman–Crippen MR) is 101 cm³/mol. The molecule has 3 aromatic rings. The molecule has 0 fully saturated rings. The monoisotopic (exact) mass is 402 g/mol. The number of anilines is 1. The molecule has 0 aromatic heterocycles. The normalized spacial score (nSPS) is 14.5. The molecule has 0 bridgehead atoms. The minimum Gasteiger partial charge on any atom is -0.340 e. The molecule has 8 heteroatoms. The van der Waals surface area contributed by atoms with E-state index >= 15 is 0 Å². The Morgan fingerprint density at radius 3 is 2.50 bits per heavy atom. The van der Waals surface area contributed by atoms with Gasteiger partial charge in [0.05, 0.1) is 10.6 Å². The van der Waals surface area contributed by atoms with Crippen molar-refractivity contribution < 1.29 is 22.0 Å². The smallest absolute Gasteiger partial charge is 0.265 e. The Morgan fingerprint density at radius 2 is 1.79 bits per heavy atom. The summed E-state index contributed by atoms with van der Waals surface area (Å²) in [6.45, 7) is -0.509. The number of carbonyl (C=O) groups is 1. The molecule has 3 aromatic carbocycles. The van der Waals surface area contributed by atoms with Gasteiger partial charge in [-0.2, -0.15) is 0 Å². The Labute approximate surface area is 160 Å². The van der Waals surface area contributed by atoms with Gasteiger partial charge in [-0.3, -0.25) is 9.10 Å². The molecular weight excluding hydrogens is 386 g/mol. The summed E-state index contributed by atoms with van der Waals surface area (Å²) in [7, 11) is -2.41. The van der Waals surface area contributed by atoms with Gasteiger partial charge < -0.3 is 4.90 Å². The highest BCUT2D eigenvalue weighted by Gasteiger charge is 2.37. The van der Waals surface area contributed by atoms with Crippen molar-refractivity contribution in [2.24, 2.45) is 0 Å². The largest absolute Gasteiger partial charge is 0.340 e. The van der Waals surface area contributed by atoms with Crippen molar-refractivity contribution in [1.82, 2.24) is 4.90 Å². The summed E-state index contributed by atoms with van der Waals surface area (Å²) in [4.78, 5) is 14.0. The van der Waals surface area contributed by atoms with E-state index in [4.69, 9.17) is 0 Å². The molecule has 0 saturated heterocycles. The fourth-order valence-electron chi connectivity index (χ4n) is 3.37. The van der Waals surface area contributed by atoms with Crippen LogP contribution in [0.2, 0.25) is 0 Å². The predicted octanol–water partition coefficient (Wildman–Crippen LogP) is 3.29. The number of sulfonamides is 1. The highest BCUT2D eigenvalue weighted by molar-refractivity contribution is 7.93. The van der Waals surface area contributed by atoms with Gasteiger partial charge in [0.25, 0.3) is 10.0 Å². The Hall–Kier alpha value is -3.00. The van der Waals surface area contributed by atoms with E-state index in [2.05, 4.69) is 0 Å². The van der Waals surface area contributed by atoms with Gasteiger partial charge in [0.15, 0.2) is 0 Å². The van der Waals surface area contributed by atoms with Gasteiger partial charge in [0.1, 0.15) is 18.2 Å². The van der Waals surface area contributed by atoms with Gasteiger partial charge in [-0.25, -0.2) is 17.2 Å². The number of likely N-dealkylation sites (N-methyl/N-ethyl adjacent to an activating group) is 1. The van der Waals surface area contributed by atoms with E-state index in [1.807, 2.05) is 12.1 Å². The second kappa shape index (κ2) is 6.56. The third kappa shape index (κ3) is 2.90. The van der Waals surface area contributed by atoms with Crippen LogP contribution in [0.5, 0.6) is 0 Å². The third-order valence-corrected chi connectivity index (χ3v) is 6.61. The second-order valence-corrected chi connectivity index (χ2v) is 8.46. The van der Waals surface area contributed by atoms with Gasteiger partial charge in [-0.15, -0.1) is 0 Å². The summed E-state index contributed by atoms with van der Waals surface area (Å²) in [6, 6.07) is 13.3. The van der Waals surface area contributed by atoms with Gasteiger partial charge in [-0.1, -0.05) is 30.3 Å². The minimum absolute atomic E-state index is 0.101. The number of amides is 1. The molecular formula is C20H16F2N2O3S. The second-order valence-electron chi connectivity index (χ2n) is 6.63. The van der Waals surface area contributed by atoms with E-state index in [1.54, 1.807) is 18.2 Å². The van der Waals surface area contributed by atoms with Crippen molar-refractivity contribution >= 4 is 32.4 Å². The summed E-state index contributed by atoms with van der Waals surface area (Å²) in [6.07, 6.45) is 0. The zero-order chi connectivity index (χ0) is 20.1. The number of rotatable bonds is 4. The number of nitrogens with zero attached hydrogens (tertiary/aromatic N) is 2. The Bertz CT molecular complexity index is 1210. The van der Waals surface area contributed by atoms with Crippen LogP contribution in [0.3, 0.4) is 0 Å². The summed E-state index contributed by atoms with van der Waals surface area (Å²) in [5.74, 6) is -1.97. The maximum absolute atomic E-state index is 13.8. The number of carbonyl (C=O) groups excluding carboxylic acids is 1. The number of hydrogen-bond donors (Lipinski definition) is 0. The van der Waals surface area contributed by atoms with Crippen LogP contribution < -0.4 is 4.31 Å². The molecule has 0 aliphatic carbocycles. The van der Waals surface area contributed by atoms with E-state index in [0.29, 0.717) is 11.1 Å². The Balaban J connectivity index is 1.61. The van der Waals surface area contributed by atoms with E-state index < -0.39 is 34.1 Å². The highest BCUT2D eigenvalue weighted by Crippen LogP contribution is 2.41. The quantitative estimate of drug-likeness (QED) is 0.673. The van der Waals surface area contributed by atoms with Crippen molar-refractivity contribution in [3.05, 3.63) is 71.8 Å². The first-order valence-electron chi connectivity index (χ1n) is 8.51. The zero-order valence-corrected chi connectivity index (χ0v) is 15.7. The van der Waals surface area contributed by atoms with Gasteiger partial charge in [0, 0.05) is 30.6 Å². The Kier molecular flexibility index (Phi) is 4.30. The first kappa shape index (κ1) is 18.4. The zero-order valence-electron chi connectivity index (χ0n) is 14.9. The van der Waals surface area contributed by atoms with Gasteiger partial charge in [0.2, 0.25) is 5.91 Å². The summed E-state index contributed by atoms with van der Waals surface area (Å²) in [5.41, 5.74) is 0.592. The van der Waals surface area contributed by atoms with E-state index in [1.165, 1.54) is 24.1 Å². The van der Waals surface area contributed by atoms with Crippen LogP contribution in [0.4, 0.5) is 14.5 Å². The lowest BCUT2D eigenvalue weighted by molar-refractivity contribution is -0.128. The molecule has 0 N–H and O–H groups in total. The molecule has 0 saturated carbocycles. The molecule has 5 nitrogen and oxygen atoms in total. The van der Waals surface area contributed by atoms with Crippen LogP contribution in [-0.4, -0.2) is 32.8 Å². The van der Waals surface area contributed by atoms with Crippen LogP contribution in [0.1, 0.15) is 5.56 Å². The lowest BCUT2D eigenvalue weighted by Gasteiger charge is -2.23. The van der Waals surface area contributed by atoms with Crippen LogP contribution in [0, 0.1) is 11.6 Å². The molecule has 1 aliphatic rings. The number of halogens is 2. The summed E-state index contributed by atoms with van der Waals surface area (Å²) < 4.78 is 53.8. The molecule has 0 unspecified atom stereocenters. The van der Waals surface area contributed by atoms with Crippen LogP contribution >= 0.6 is 0 Å². The standard InChI is InChI=1S/C20H16F2N2O3S/c1-23(11-14-8-9-15(21)10-16(14)22)19(25)12-24-17-6-2-4-13-5-3-7-18(20(13)17)28(24,26)27/h2-10H,11-12H2,1H3. The molecule has 0 atom stereocenters. The molecule has 4 rings (SSSR count). The fourth-order valence-corrected chi connectivity index (χ4v) is 5.03. The van der Waals surface area contributed by atoms with E-state index in [-0.39, 0.29) is 17.0 Å². The van der Waals surface area contributed by atoms with E-state index in [0.717, 1.165) is 21.8 Å². The third-order valence-electron chi connectivity index (χ3n) is 4.81. The molecule has 1 heterocycles. The van der Waals surface area contributed by atoms with Gasteiger partial charge in [-0.05, 0) is 23.6 Å². The molecule has 0 spiro atoms. The number of hydrogen-bond acceptors (Lipinski definition) is 3. The molecule has 28 heavy (non-hydrogen) atoms. The van der Waals surface area contributed by atoms with Crippen molar-refractivity contribution in [3.63, 3.8) is 0 Å². The fraction of sp³-hybridized carbons (Fsp3) is 0.150. The van der Waals surface area contributed by atoms with Crippen LogP contribution in [0.15, 0.2) is 59.5 Å². The summed E-state index contributed by atoms with van der Waals surface area (Å²) >= 11 is 0. The van der Waals surface area contributed by atoms with Crippen LogP contribution in [0.25, 0.3) is 10.8 Å². The Morgan fingerprint density at radius 1 is 1.07 bits per heavy atom. The van der Waals surface area contributed by atoms with Gasteiger partial charge >= 0.3 is 0 Å².